The van der Waals surface area contributed by atoms with E-state index >= 15 is 0 Å². The van der Waals surface area contributed by atoms with Gasteiger partial charge in [0.2, 0.25) is 0 Å². The van der Waals surface area contributed by atoms with Crippen molar-refractivity contribution in [2.75, 3.05) is 6.26 Å². The summed E-state index contributed by atoms with van der Waals surface area (Å²) in [6.45, 7) is 1.39. The normalized spacial score (nSPS) is 11.5. The summed E-state index contributed by atoms with van der Waals surface area (Å²) in [6.07, 6.45) is 1.97. The first-order valence-electron chi connectivity index (χ1n) is 3.32. The molecule has 0 aromatic carbocycles. The van der Waals surface area contributed by atoms with Crippen molar-refractivity contribution in [2.45, 2.75) is 6.92 Å². The van der Waals surface area contributed by atoms with Crippen molar-refractivity contribution in [3.05, 3.63) is 17.5 Å². The van der Waals surface area contributed by atoms with Gasteiger partial charge >= 0.3 is 5.97 Å². The predicted molar refractivity (Wildman–Crippen MR) is 44.2 cm³/mol. The largest absolute Gasteiger partial charge is 0.478 e. The summed E-state index contributed by atoms with van der Waals surface area (Å²) in [5.41, 5.74) is 0.000394. The third-order valence-corrected chi connectivity index (χ3v) is 2.51. The fraction of sp³-hybridized carbons (Fsp3) is 0.333. The van der Waals surface area contributed by atoms with Crippen LogP contribution in [0.5, 0.6) is 0 Å². The molecule has 7 heteroatoms. The lowest BCUT2D eigenvalue weighted by atomic mass is 10.3. The van der Waals surface area contributed by atoms with Gasteiger partial charge in [0, 0.05) is 0 Å². The van der Waals surface area contributed by atoms with Gasteiger partial charge in [-0.25, -0.2) is 13.2 Å². The lowest BCUT2D eigenvalue weighted by molar-refractivity contribution is 0.0696. The second-order valence-electron chi connectivity index (χ2n) is 2.55. The lowest BCUT2D eigenvalue weighted by Crippen LogP contribution is -2.14. The molecule has 0 aliphatic heterocycles. The highest BCUT2D eigenvalue weighted by molar-refractivity contribution is 7.89. The van der Waals surface area contributed by atoms with Gasteiger partial charge in [-0.05, 0) is 6.92 Å². The van der Waals surface area contributed by atoms with E-state index in [-0.39, 0.29) is 11.3 Å². The first-order chi connectivity index (χ1) is 5.84. The van der Waals surface area contributed by atoms with Gasteiger partial charge in [-0.2, -0.15) is 9.19 Å². The molecule has 0 fully saturated rings. The van der Waals surface area contributed by atoms with Crippen molar-refractivity contribution in [1.29, 1.82) is 0 Å². The van der Waals surface area contributed by atoms with E-state index in [2.05, 4.69) is 5.10 Å². The molecule has 0 aliphatic rings. The Morgan fingerprint density at radius 2 is 2.15 bits per heavy atom. The lowest BCUT2D eigenvalue weighted by Gasteiger charge is -1.99. The number of nitrogens with zero attached hydrogens (tertiary/aromatic N) is 2. The minimum Gasteiger partial charge on any atom is -0.478 e. The Labute approximate surface area is 74.8 Å². The van der Waals surface area contributed by atoms with Crippen LogP contribution in [-0.4, -0.2) is 34.9 Å². The number of aromatic nitrogens is 2. The van der Waals surface area contributed by atoms with E-state index in [0.29, 0.717) is 4.09 Å². The summed E-state index contributed by atoms with van der Waals surface area (Å²) in [5.74, 6) is -1.19. The predicted octanol–water partition coefficient (Wildman–Crippen LogP) is -0.303. The quantitative estimate of drug-likeness (QED) is 0.714. The molecule has 0 radical (unpaired) electrons. The summed E-state index contributed by atoms with van der Waals surface area (Å²) in [5, 5.41) is 12.1. The molecule has 1 rings (SSSR count). The fourth-order valence-corrected chi connectivity index (χ4v) is 1.75. The molecule has 13 heavy (non-hydrogen) atoms. The number of carbonyl (C=O) groups is 1. The van der Waals surface area contributed by atoms with Crippen LogP contribution in [0.25, 0.3) is 0 Å². The molecule has 0 saturated carbocycles. The summed E-state index contributed by atoms with van der Waals surface area (Å²) in [4.78, 5) is 10.5. The zero-order valence-electron chi connectivity index (χ0n) is 7.05. The van der Waals surface area contributed by atoms with Gasteiger partial charge in [-0.15, -0.1) is 0 Å². The number of carboxylic acids is 1. The standard InChI is InChI=1S/C6H8N2O4S/c1-4-5(6(9)10)3-7-8(4)13(2,11)12/h3H,1-2H3,(H,9,10). The summed E-state index contributed by atoms with van der Waals surface area (Å²) in [6, 6.07) is 0. The van der Waals surface area contributed by atoms with Crippen molar-refractivity contribution in [3.8, 4) is 0 Å². The molecule has 0 atom stereocenters. The van der Waals surface area contributed by atoms with Gasteiger partial charge in [-0.1, -0.05) is 0 Å². The fourth-order valence-electron chi connectivity index (χ4n) is 0.938. The van der Waals surface area contributed by atoms with Gasteiger partial charge in [0.25, 0.3) is 10.0 Å². The highest BCUT2D eigenvalue weighted by Gasteiger charge is 2.17. The van der Waals surface area contributed by atoms with Gasteiger partial charge in [-0.3, -0.25) is 0 Å². The molecular weight excluding hydrogens is 196 g/mol. The van der Waals surface area contributed by atoms with Crippen molar-refractivity contribution < 1.29 is 18.3 Å². The molecule has 1 N–H and O–H groups in total. The number of hydrogen-bond acceptors (Lipinski definition) is 4. The average molecular weight is 204 g/mol. The van der Waals surface area contributed by atoms with Crippen LogP contribution < -0.4 is 0 Å². The summed E-state index contributed by atoms with van der Waals surface area (Å²) < 4.78 is 22.7. The smallest absolute Gasteiger partial charge is 0.339 e. The van der Waals surface area contributed by atoms with Gasteiger partial charge in [0.1, 0.15) is 5.56 Å². The van der Waals surface area contributed by atoms with Gasteiger partial charge in [0.15, 0.2) is 0 Å². The number of rotatable bonds is 2. The third-order valence-electron chi connectivity index (χ3n) is 1.51. The van der Waals surface area contributed by atoms with E-state index in [0.717, 1.165) is 12.5 Å². The van der Waals surface area contributed by atoms with E-state index in [4.69, 9.17) is 5.11 Å². The van der Waals surface area contributed by atoms with E-state index in [1.165, 1.54) is 6.92 Å². The number of hydrogen-bond donors (Lipinski definition) is 1. The Bertz CT molecular complexity index is 445. The van der Waals surface area contributed by atoms with Crippen molar-refractivity contribution in [2.24, 2.45) is 0 Å². The van der Waals surface area contributed by atoms with Crippen LogP contribution in [0.1, 0.15) is 16.1 Å². The second-order valence-corrected chi connectivity index (χ2v) is 4.37. The van der Waals surface area contributed by atoms with Crippen molar-refractivity contribution >= 4 is 16.0 Å². The SMILES string of the molecule is Cc1c(C(=O)O)cnn1S(C)(=O)=O. The minimum atomic E-state index is -3.50. The van der Waals surface area contributed by atoms with Crippen LogP contribution in [0.3, 0.4) is 0 Å². The molecule has 0 spiro atoms. The Morgan fingerprint density at radius 3 is 2.38 bits per heavy atom. The molecule has 0 amide bonds. The first kappa shape index (κ1) is 9.72. The topological polar surface area (TPSA) is 89.3 Å². The molecule has 1 aromatic rings. The van der Waals surface area contributed by atoms with Crippen LogP contribution in [-0.2, 0) is 10.0 Å². The molecule has 1 aromatic heterocycles. The van der Waals surface area contributed by atoms with Crippen LogP contribution >= 0.6 is 0 Å². The minimum absolute atomic E-state index is 0.106. The van der Waals surface area contributed by atoms with Crippen LogP contribution in [0.2, 0.25) is 0 Å². The Balaban J connectivity index is 3.39. The highest BCUT2D eigenvalue weighted by atomic mass is 32.2. The molecule has 0 saturated heterocycles. The molecule has 0 bridgehead atoms. The number of carboxylic acid groups (broad SMARTS) is 1. The summed E-state index contributed by atoms with van der Waals surface area (Å²) >= 11 is 0. The Hall–Kier alpha value is -1.37. The maximum Gasteiger partial charge on any atom is 0.339 e. The maximum atomic E-state index is 11.0. The van der Waals surface area contributed by atoms with E-state index in [1.807, 2.05) is 0 Å². The van der Waals surface area contributed by atoms with Crippen molar-refractivity contribution in [1.82, 2.24) is 9.19 Å². The highest BCUT2D eigenvalue weighted by Crippen LogP contribution is 2.08. The van der Waals surface area contributed by atoms with Crippen LogP contribution in [0.4, 0.5) is 0 Å². The zero-order chi connectivity index (χ0) is 10.2. The molecule has 0 aliphatic carbocycles. The molecule has 72 valence electrons. The van der Waals surface area contributed by atoms with Gasteiger partial charge < -0.3 is 5.11 Å². The number of aromatic carboxylic acids is 1. The average Bonchev–Trinajstić information content (AvgIpc) is 2.28. The molecular formula is C6H8N2O4S. The van der Waals surface area contributed by atoms with Gasteiger partial charge in [0.05, 0.1) is 18.1 Å². The summed E-state index contributed by atoms with van der Waals surface area (Å²) in [7, 11) is -3.50. The molecule has 6 nitrogen and oxygen atoms in total. The van der Waals surface area contributed by atoms with E-state index in [9.17, 15) is 13.2 Å². The van der Waals surface area contributed by atoms with E-state index in [1.54, 1.807) is 0 Å². The van der Waals surface area contributed by atoms with E-state index < -0.39 is 16.0 Å². The Morgan fingerprint density at radius 1 is 1.62 bits per heavy atom. The maximum absolute atomic E-state index is 11.0. The van der Waals surface area contributed by atoms with Crippen LogP contribution in [0, 0.1) is 6.92 Å². The monoisotopic (exact) mass is 204 g/mol. The third kappa shape index (κ3) is 1.69. The Kier molecular flexibility index (Phi) is 2.12. The zero-order valence-corrected chi connectivity index (χ0v) is 7.87. The molecule has 1 heterocycles. The van der Waals surface area contributed by atoms with Crippen molar-refractivity contribution in [3.63, 3.8) is 0 Å². The van der Waals surface area contributed by atoms with Crippen LogP contribution in [0.15, 0.2) is 6.20 Å². The second kappa shape index (κ2) is 2.84. The molecule has 0 unspecified atom stereocenters. The first-order valence-corrected chi connectivity index (χ1v) is 5.17.